The summed E-state index contributed by atoms with van der Waals surface area (Å²) in [5, 5.41) is 3.00. The number of rotatable bonds is 6. The predicted octanol–water partition coefficient (Wildman–Crippen LogP) is 3.36. The zero-order valence-electron chi connectivity index (χ0n) is 13.0. The first-order chi connectivity index (χ1) is 9.51. The van der Waals surface area contributed by atoms with Crippen LogP contribution in [0.4, 0.5) is 16.2 Å². The van der Waals surface area contributed by atoms with Gasteiger partial charge in [-0.25, -0.2) is 4.79 Å². The Kier molecular flexibility index (Phi) is 6.71. The van der Waals surface area contributed by atoms with Gasteiger partial charge in [-0.3, -0.25) is 0 Å². The van der Waals surface area contributed by atoms with Crippen LogP contribution in [0.2, 0.25) is 0 Å². The van der Waals surface area contributed by atoms with Crippen molar-refractivity contribution in [3.63, 3.8) is 0 Å². The molecule has 1 atom stereocenters. The standard InChI is InChI=1S/C15H25N3OS/c1-6-17(3)14-10-8-7-9-13(14)16-15(19)18(4)12(2)11-20-5/h7-10,12H,6,11H2,1-5H3,(H,16,19). The third-order valence-electron chi connectivity index (χ3n) is 3.42. The van der Waals surface area contributed by atoms with Gasteiger partial charge in [0.15, 0.2) is 0 Å². The molecule has 0 saturated heterocycles. The molecule has 0 fully saturated rings. The van der Waals surface area contributed by atoms with E-state index in [0.717, 1.165) is 23.7 Å². The van der Waals surface area contributed by atoms with Crippen molar-refractivity contribution in [2.75, 3.05) is 42.9 Å². The van der Waals surface area contributed by atoms with Gasteiger partial charge in [0.2, 0.25) is 0 Å². The quantitative estimate of drug-likeness (QED) is 0.874. The number of thioether (sulfide) groups is 1. The van der Waals surface area contributed by atoms with E-state index in [1.807, 2.05) is 44.6 Å². The van der Waals surface area contributed by atoms with Gasteiger partial charge >= 0.3 is 6.03 Å². The van der Waals surface area contributed by atoms with E-state index in [4.69, 9.17) is 0 Å². The molecule has 0 spiro atoms. The van der Waals surface area contributed by atoms with Crippen LogP contribution in [-0.2, 0) is 0 Å². The Morgan fingerprint density at radius 1 is 1.35 bits per heavy atom. The number of hydrogen-bond donors (Lipinski definition) is 1. The molecule has 0 bridgehead atoms. The molecule has 0 aliphatic carbocycles. The number of carbonyl (C=O) groups excluding carboxylic acids is 1. The molecule has 1 N–H and O–H groups in total. The minimum absolute atomic E-state index is 0.0662. The van der Waals surface area contributed by atoms with Gasteiger partial charge in [0.05, 0.1) is 11.4 Å². The number of nitrogens with one attached hydrogen (secondary N) is 1. The number of nitrogens with zero attached hydrogens (tertiary/aromatic N) is 2. The summed E-state index contributed by atoms with van der Waals surface area (Å²) in [5.74, 6) is 0.931. The number of carbonyl (C=O) groups is 1. The minimum atomic E-state index is -0.0662. The number of amides is 2. The van der Waals surface area contributed by atoms with Crippen molar-refractivity contribution < 1.29 is 4.79 Å². The topological polar surface area (TPSA) is 35.6 Å². The first-order valence-electron chi connectivity index (χ1n) is 6.84. The van der Waals surface area contributed by atoms with Gasteiger partial charge in [-0.2, -0.15) is 11.8 Å². The third kappa shape index (κ3) is 4.34. The van der Waals surface area contributed by atoms with E-state index in [-0.39, 0.29) is 12.1 Å². The third-order valence-corrected chi connectivity index (χ3v) is 4.24. The van der Waals surface area contributed by atoms with Crippen molar-refractivity contribution in [3.05, 3.63) is 24.3 Å². The molecule has 20 heavy (non-hydrogen) atoms. The molecular weight excluding hydrogens is 270 g/mol. The van der Waals surface area contributed by atoms with E-state index in [1.165, 1.54) is 0 Å². The zero-order chi connectivity index (χ0) is 15.1. The lowest BCUT2D eigenvalue weighted by molar-refractivity contribution is 0.212. The van der Waals surface area contributed by atoms with Crippen molar-refractivity contribution in [1.82, 2.24) is 4.90 Å². The van der Waals surface area contributed by atoms with Gasteiger partial charge in [-0.05, 0) is 32.2 Å². The Bertz CT molecular complexity index is 439. The number of hydrogen-bond acceptors (Lipinski definition) is 3. The fraction of sp³-hybridized carbons (Fsp3) is 0.533. The summed E-state index contributed by atoms with van der Waals surface area (Å²) in [4.78, 5) is 16.1. The maximum atomic E-state index is 12.3. The van der Waals surface area contributed by atoms with Crippen LogP contribution < -0.4 is 10.2 Å². The Balaban J connectivity index is 2.80. The largest absolute Gasteiger partial charge is 0.373 e. The molecule has 1 rings (SSSR count). The summed E-state index contributed by atoms with van der Waals surface area (Å²) >= 11 is 1.74. The van der Waals surface area contributed by atoms with Gasteiger partial charge < -0.3 is 15.1 Å². The molecule has 0 heterocycles. The second kappa shape index (κ2) is 8.04. The molecule has 1 aromatic carbocycles. The molecule has 2 amide bonds. The first kappa shape index (κ1) is 16.7. The van der Waals surface area contributed by atoms with E-state index in [2.05, 4.69) is 24.1 Å². The molecule has 1 aromatic rings. The van der Waals surface area contributed by atoms with Gasteiger partial charge in [0, 0.05) is 32.4 Å². The normalized spacial score (nSPS) is 11.8. The van der Waals surface area contributed by atoms with E-state index in [1.54, 1.807) is 16.7 Å². The van der Waals surface area contributed by atoms with Crippen molar-refractivity contribution in [2.24, 2.45) is 0 Å². The Hall–Kier alpha value is -1.36. The Morgan fingerprint density at radius 2 is 2.00 bits per heavy atom. The molecule has 5 heteroatoms. The van der Waals surface area contributed by atoms with E-state index < -0.39 is 0 Å². The van der Waals surface area contributed by atoms with Gasteiger partial charge in [0.25, 0.3) is 0 Å². The minimum Gasteiger partial charge on any atom is -0.373 e. The van der Waals surface area contributed by atoms with Crippen LogP contribution in [0.1, 0.15) is 13.8 Å². The maximum absolute atomic E-state index is 12.3. The summed E-state index contributed by atoms with van der Waals surface area (Å²) < 4.78 is 0. The summed E-state index contributed by atoms with van der Waals surface area (Å²) in [6.45, 7) is 5.04. The predicted molar refractivity (Wildman–Crippen MR) is 90.0 cm³/mol. The molecule has 112 valence electrons. The Labute approximate surface area is 126 Å². The molecular formula is C15H25N3OS. The van der Waals surface area contributed by atoms with Crippen LogP contribution in [0.5, 0.6) is 0 Å². The van der Waals surface area contributed by atoms with Crippen molar-refractivity contribution in [2.45, 2.75) is 19.9 Å². The first-order valence-corrected chi connectivity index (χ1v) is 8.23. The van der Waals surface area contributed by atoms with Crippen LogP contribution in [0.15, 0.2) is 24.3 Å². The highest BCUT2D eigenvalue weighted by molar-refractivity contribution is 7.98. The molecule has 0 saturated carbocycles. The van der Waals surface area contributed by atoms with Crippen LogP contribution in [0.25, 0.3) is 0 Å². The van der Waals surface area contributed by atoms with Crippen molar-refractivity contribution in [3.8, 4) is 0 Å². The molecule has 1 unspecified atom stereocenters. The summed E-state index contributed by atoms with van der Waals surface area (Å²) in [7, 11) is 3.85. The number of urea groups is 1. The lowest BCUT2D eigenvalue weighted by Crippen LogP contribution is -2.39. The number of anilines is 2. The average molecular weight is 295 g/mol. The molecule has 0 aliphatic heterocycles. The Morgan fingerprint density at radius 3 is 2.60 bits per heavy atom. The number of benzene rings is 1. The molecule has 4 nitrogen and oxygen atoms in total. The fourth-order valence-corrected chi connectivity index (χ4v) is 2.55. The highest BCUT2D eigenvalue weighted by atomic mass is 32.2. The van der Waals surface area contributed by atoms with Crippen LogP contribution in [0.3, 0.4) is 0 Å². The summed E-state index contributed by atoms with van der Waals surface area (Å²) in [5.41, 5.74) is 1.89. The smallest absolute Gasteiger partial charge is 0.321 e. The van der Waals surface area contributed by atoms with Crippen LogP contribution >= 0.6 is 11.8 Å². The number of para-hydroxylation sites is 2. The van der Waals surface area contributed by atoms with E-state index >= 15 is 0 Å². The second-order valence-electron chi connectivity index (χ2n) is 4.88. The van der Waals surface area contributed by atoms with Crippen molar-refractivity contribution >= 4 is 29.2 Å². The SMILES string of the molecule is CCN(C)c1ccccc1NC(=O)N(C)C(C)CSC. The average Bonchev–Trinajstić information content (AvgIpc) is 2.46. The van der Waals surface area contributed by atoms with Gasteiger partial charge in [0.1, 0.15) is 0 Å². The monoisotopic (exact) mass is 295 g/mol. The lowest BCUT2D eigenvalue weighted by atomic mass is 10.2. The fourth-order valence-electron chi connectivity index (χ4n) is 1.84. The lowest BCUT2D eigenvalue weighted by Gasteiger charge is -2.26. The maximum Gasteiger partial charge on any atom is 0.321 e. The summed E-state index contributed by atoms with van der Waals surface area (Å²) in [6.07, 6.45) is 2.05. The molecule has 0 radical (unpaired) electrons. The van der Waals surface area contributed by atoms with E-state index in [9.17, 15) is 4.79 Å². The van der Waals surface area contributed by atoms with Crippen molar-refractivity contribution in [1.29, 1.82) is 0 Å². The summed E-state index contributed by atoms with van der Waals surface area (Å²) in [6, 6.07) is 8.02. The zero-order valence-corrected chi connectivity index (χ0v) is 13.8. The highest BCUT2D eigenvalue weighted by Gasteiger charge is 2.16. The van der Waals surface area contributed by atoms with Crippen LogP contribution in [-0.4, -0.2) is 49.6 Å². The van der Waals surface area contributed by atoms with Crippen LogP contribution in [0, 0.1) is 0 Å². The molecule has 0 aromatic heterocycles. The second-order valence-corrected chi connectivity index (χ2v) is 5.79. The van der Waals surface area contributed by atoms with E-state index in [0.29, 0.717) is 0 Å². The highest BCUT2D eigenvalue weighted by Crippen LogP contribution is 2.24. The molecule has 0 aliphatic rings. The van der Waals surface area contributed by atoms with Gasteiger partial charge in [-0.15, -0.1) is 0 Å². The van der Waals surface area contributed by atoms with Gasteiger partial charge in [-0.1, -0.05) is 12.1 Å².